The molecule has 0 heterocycles. The summed E-state index contributed by atoms with van der Waals surface area (Å²) in [6.07, 6.45) is -5.10. The Kier molecular flexibility index (Phi) is 8.23. The van der Waals surface area contributed by atoms with E-state index < -0.39 is 48.6 Å². The molecule has 0 bridgehead atoms. The van der Waals surface area contributed by atoms with Crippen LogP contribution in [-0.4, -0.2) is 54.9 Å². The summed E-state index contributed by atoms with van der Waals surface area (Å²) >= 11 is 0. The molecule has 0 aliphatic rings. The zero-order chi connectivity index (χ0) is 20.6. The van der Waals surface area contributed by atoms with E-state index in [1.54, 1.807) is 30.3 Å². The van der Waals surface area contributed by atoms with Gasteiger partial charge in [-0.2, -0.15) is 13.2 Å². The van der Waals surface area contributed by atoms with Crippen molar-refractivity contribution in [2.24, 2.45) is 5.92 Å². The van der Waals surface area contributed by atoms with Crippen LogP contribution < -0.4 is 10.6 Å². The van der Waals surface area contributed by atoms with E-state index in [0.29, 0.717) is 5.56 Å². The summed E-state index contributed by atoms with van der Waals surface area (Å²) in [5.41, 5.74) is 0.547. The Morgan fingerprint density at radius 3 is 2.26 bits per heavy atom. The van der Waals surface area contributed by atoms with Crippen LogP contribution in [0, 0.1) is 5.92 Å². The van der Waals surface area contributed by atoms with Crippen LogP contribution >= 0.6 is 0 Å². The van der Waals surface area contributed by atoms with Crippen LogP contribution in [0.3, 0.4) is 0 Å². The van der Waals surface area contributed by atoms with Crippen LogP contribution in [0.5, 0.6) is 0 Å². The van der Waals surface area contributed by atoms with E-state index in [-0.39, 0.29) is 6.42 Å². The molecule has 3 atom stereocenters. The number of rotatable bonds is 9. The monoisotopic (exact) mass is 390 g/mol. The second-order valence-corrected chi connectivity index (χ2v) is 5.84. The molecule has 7 nitrogen and oxygen atoms in total. The Bertz CT molecular complexity index is 652. The third-order valence-electron chi connectivity index (χ3n) is 3.79. The average molecular weight is 390 g/mol. The number of esters is 1. The topological polar surface area (TPSA) is 105 Å². The van der Waals surface area contributed by atoms with Crippen LogP contribution in [0.2, 0.25) is 0 Å². The molecule has 0 aliphatic heterocycles. The van der Waals surface area contributed by atoms with Gasteiger partial charge >= 0.3 is 18.1 Å². The molecule has 0 unspecified atom stereocenters. The van der Waals surface area contributed by atoms with Gasteiger partial charge in [0.25, 0.3) is 0 Å². The normalized spacial score (nSPS) is 14.7. The summed E-state index contributed by atoms with van der Waals surface area (Å²) in [5.74, 6) is -6.26. The number of carbonyl (C=O) groups excluding carboxylic acids is 2. The van der Waals surface area contributed by atoms with Gasteiger partial charge in [0.1, 0.15) is 18.0 Å². The Balaban J connectivity index is 2.84. The first-order valence-electron chi connectivity index (χ1n) is 8.01. The molecule has 0 radical (unpaired) electrons. The number of carboxylic acids is 1. The number of aliphatic carboxylic acids is 1. The van der Waals surface area contributed by atoms with E-state index in [4.69, 9.17) is 0 Å². The molecule has 1 aromatic carbocycles. The van der Waals surface area contributed by atoms with Gasteiger partial charge in [-0.25, -0.2) is 4.79 Å². The molecule has 0 aliphatic carbocycles. The predicted molar refractivity (Wildman–Crippen MR) is 88.7 cm³/mol. The zero-order valence-electron chi connectivity index (χ0n) is 14.7. The highest BCUT2D eigenvalue weighted by Gasteiger charge is 2.45. The van der Waals surface area contributed by atoms with Crippen molar-refractivity contribution >= 4 is 17.8 Å². The van der Waals surface area contributed by atoms with E-state index in [0.717, 1.165) is 7.11 Å². The number of carbonyl (C=O) groups is 3. The molecule has 3 N–H and O–H groups in total. The van der Waals surface area contributed by atoms with E-state index in [1.165, 1.54) is 6.92 Å². The highest BCUT2D eigenvalue weighted by atomic mass is 19.4. The molecule has 27 heavy (non-hydrogen) atoms. The fourth-order valence-electron chi connectivity index (χ4n) is 2.23. The van der Waals surface area contributed by atoms with Gasteiger partial charge < -0.3 is 20.5 Å². The third-order valence-corrected chi connectivity index (χ3v) is 3.79. The average Bonchev–Trinajstić information content (AvgIpc) is 2.60. The number of carboxylic acid groups (broad SMARTS) is 1. The molecule has 0 saturated carbocycles. The second-order valence-electron chi connectivity index (χ2n) is 5.84. The number of hydrogen-bond acceptors (Lipinski definition) is 5. The van der Waals surface area contributed by atoms with Crippen molar-refractivity contribution in [1.82, 2.24) is 10.6 Å². The summed E-state index contributed by atoms with van der Waals surface area (Å²) in [7, 11) is 1.08. The Morgan fingerprint density at radius 2 is 1.78 bits per heavy atom. The van der Waals surface area contributed by atoms with Crippen molar-refractivity contribution in [1.29, 1.82) is 0 Å². The van der Waals surface area contributed by atoms with E-state index in [2.05, 4.69) is 10.1 Å². The van der Waals surface area contributed by atoms with E-state index >= 15 is 0 Å². The van der Waals surface area contributed by atoms with Crippen molar-refractivity contribution in [2.75, 3.05) is 13.7 Å². The molecule has 0 saturated heterocycles. The minimum Gasteiger partial charge on any atom is -0.480 e. The summed E-state index contributed by atoms with van der Waals surface area (Å²) in [6.45, 7) is 0.385. The molecule has 1 aromatic rings. The van der Waals surface area contributed by atoms with Crippen LogP contribution in [0.15, 0.2) is 30.3 Å². The van der Waals surface area contributed by atoms with Gasteiger partial charge in [-0.1, -0.05) is 30.3 Å². The van der Waals surface area contributed by atoms with Gasteiger partial charge in [0.15, 0.2) is 0 Å². The maximum absolute atomic E-state index is 13.2. The maximum Gasteiger partial charge on any atom is 0.401 e. The van der Waals surface area contributed by atoms with Crippen LogP contribution in [0.4, 0.5) is 13.2 Å². The number of methoxy groups -OCH3 is 1. The fraction of sp³-hybridized carbons (Fsp3) is 0.471. The Hall–Kier alpha value is -2.62. The number of benzene rings is 1. The van der Waals surface area contributed by atoms with Crippen molar-refractivity contribution in [3.8, 4) is 0 Å². The number of ether oxygens (including phenoxy) is 1. The number of amides is 1. The van der Waals surface area contributed by atoms with Gasteiger partial charge in [-0.05, 0) is 12.5 Å². The fourth-order valence-corrected chi connectivity index (χ4v) is 2.23. The quantitative estimate of drug-likeness (QED) is 0.546. The predicted octanol–water partition coefficient (Wildman–Crippen LogP) is 1.13. The lowest BCUT2D eigenvalue weighted by Crippen LogP contribution is -2.52. The molecule has 10 heteroatoms. The summed E-state index contributed by atoms with van der Waals surface area (Å²) in [5, 5.41) is 13.4. The van der Waals surface area contributed by atoms with Crippen LogP contribution in [0.1, 0.15) is 12.5 Å². The van der Waals surface area contributed by atoms with Crippen LogP contribution in [-0.2, 0) is 25.5 Å². The van der Waals surface area contributed by atoms with Crippen LogP contribution in [0.25, 0.3) is 0 Å². The lowest BCUT2D eigenvalue weighted by Gasteiger charge is -2.24. The standard InChI is InChI=1S/C17H21F3N2O5/c1-10(16(26)27-2)21-9-12(17(18,19)20)14(23)22-13(15(24)25)8-11-6-4-3-5-7-11/h3-7,10,12-13,21H,8-9H2,1-2H3,(H,22,23)(H,24,25)/t10-,12+,13-/m0/s1. The largest absolute Gasteiger partial charge is 0.480 e. The molecule has 1 amide bonds. The number of alkyl halides is 3. The van der Waals surface area contributed by atoms with Crippen molar-refractivity contribution in [3.63, 3.8) is 0 Å². The van der Waals surface area contributed by atoms with Crippen molar-refractivity contribution in [2.45, 2.75) is 31.6 Å². The van der Waals surface area contributed by atoms with Gasteiger partial charge in [0.2, 0.25) is 5.91 Å². The van der Waals surface area contributed by atoms with Gasteiger partial charge in [0, 0.05) is 13.0 Å². The molecule has 0 fully saturated rings. The Labute approximate surface area is 153 Å². The van der Waals surface area contributed by atoms with Gasteiger partial charge in [-0.3, -0.25) is 9.59 Å². The highest BCUT2D eigenvalue weighted by Crippen LogP contribution is 2.26. The number of nitrogens with one attached hydrogen (secondary N) is 2. The lowest BCUT2D eigenvalue weighted by molar-refractivity contribution is -0.183. The highest BCUT2D eigenvalue weighted by molar-refractivity contribution is 5.86. The van der Waals surface area contributed by atoms with Gasteiger partial charge in [0.05, 0.1) is 7.11 Å². The lowest BCUT2D eigenvalue weighted by atomic mass is 10.0. The summed E-state index contributed by atoms with van der Waals surface area (Å²) in [6, 6.07) is 5.60. The molecule has 0 aromatic heterocycles. The summed E-state index contributed by atoms with van der Waals surface area (Å²) in [4.78, 5) is 34.7. The zero-order valence-corrected chi connectivity index (χ0v) is 14.7. The SMILES string of the molecule is COC(=O)[C@H](C)NC[C@H](C(=O)N[C@@H](Cc1ccccc1)C(=O)O)C(F)(F)F. The molecular formula is C17H21F3N2O5. The molecule has 1 rings (SSSR count). The third kappa shape index (κ3) is 7.26. The number of halogens is 3. The smallest absolute Gasteiger partial charge is 0.401 e. The maximum atomic E-state index is 13.2. The Morgan fingerprint density at radius 1 is 1.19 bits per heavy atom. The molecule has 0 spiro atoms. The first-order valence-corrected chi connectivity index (χ1v) is 8.01. The van der Waals surface area contributed by atoms with Gasteiger partial charge in [-0.15, -0.1) is 0 Å². The second kappa shape index (κ2) is 9.91. The summed E-state index contributed by atoms with van der Waals surface area (Å²) < 4.78 is 44.0. The first-order chi connectivity index (χ1) is 12.6. The number of hydrogen-bond donors (Lipinski definition) is 3. The molecule has 150 valence electrons. The van der Waals surface area contributed by atoms with Crippen molar-refractivity contribution < 1.29 is 37.4 Å². The molecular weight excluding hydrogens is 369 g/mol. The van der Waals surface area contributed by atoms with E-state index in [1.807, 2.05) is 5.32 Å². The minimum atomic E-state index is -4.93. The first kappa shape index (κ1) is 22.4. The van der Waals surface area contributed by atoms with Crippen molar-refractivity contribution in [3.05, 3.63) is 35.9 Å². The minimum absolute atomic E-state index is 0.168. The van der Waals surface area contributed by atoms with E-state index in [9.17, 15) is 32.7 Å².